The minimum absolute atomic E-state index is 0.0293. The van der Waals surface area contributed by atoms with Crippen molar-refractivity contribution < 1.29 is 0 Å². The minimum atomic E-state index is -0.368. The van der Waals surface area contributed by atoms with Crippen LogP contribution in [0.15, 0.2) is 9.59 Å². The second-order valence-electron chi connectivity index (χ2n) is 5.33. The predicted octanol–water partition coefficient (Wildman–Crippen LogP) is 2.89. The molecule has 5 heteroatoms. The van der Waals surface area contributed by atoms with Crippen LogP contribution in [0.4, 0.5) is 0 Å². The smallest absolute Gasteiger partial charge is 0.297 e. The average Bonchev–Trinajstić information content (AvgIpc) is 2.39. The van der Waals surface area contributed by atoms with Crippen LogP contribution in [0.25, 0.3) is 0 Å². The van der Waals surface area contributed by atoms with Gasteiger partial charge in [0.2, 0.25) is 0 Å². The first kappa shape index (κ1) is 14.4. The Morgan fingerprint density at radius 1 is 1.21 bits per heavy atom. The molecule has 0 unspecified atom stereocenters. The molecular weight excluding hydrogens is 264 g/mol. The molecule has 1 aliphatic rings. The van der Waals surface area contributed by atoms with Crippen molar-refractivity contribution in [1.82, 2.24) is 9.55 Å². The Morgan fingerprint density at radius 3 is 2.37 bits per heavy atom. The molecule has 0 bridgehead atoms. The summed E-state index contributed by atoms with van der Waals surface area (Å²) in [5, 5.41) is 0.191. The van der Waals surface area contributed by atoms with Gasteiger partial charge >= 0.3 is 5.69 Å². The van der Waals surface area contributed by atoms with Crippen molar-refractivity contribution in [3.8, 4) is 0 Å². The van der Waals surface area contributed by atoms with Crippen LogP contribution in [-0.4, -0.2) is 9.55 Å². The number of hydrogen-bond donors (Lipinski definition) is 1. The lowest BCUT2D eigenvalue weighted by molar-refractivity contribution is 0.260. The van der Waals surface area contributed by atoms with E-state index in [1.165, 1.54) is 11.0 Å². The molecule has 2 rings (SSSR count). The zero-order chi connectivity index (χ0) is 14.0. The second kappa shape index (κ2) is 5.95. The van der Waals surface area contributed by atoms with E-state index in [4.69, 9.17) is 11.6 Å². The molecule has 0 aromatic carbocycles. The summed E-state index contributed by atoms with van der Waals surface area (Å²) in [7, 11) is 0. The maximum Gasteiger partial charge on any atom is 0.329 e. The highest BCUT2D eigenvalue weighted by atomic mass is 35.5. The van der Waals surface area contributed by atoms with Crippen molar-refractivity contribution in [3.63, 3.8) is 0 Å². The monoisotopic (exact) mass is 284 g/mol. The molecule has 1 saturated carbocycles. The third kappa shape index (κ3) is 2.78. The van der Waals surface area contributed by atoms with E-state index in [1.54, 1.807) is 0 Å². The lowest BCUT2D eigenvalue weighted by atomic mass is 9.84. The van der Waals surface area contributed by atoms with E-state index in [1.807, 2.05) is 6.92 Å². The predicted molar refractivity (Wildman–Crippen MR) is 77.0 cm³/mol. The van der Waals surface area contributed by atoms with E-state index in [0.717, 1.165) is 31.6 Å². The van der Waals surface area contributed by atoms with Crippen molar-refractivity contribution >= 4 is 11.6 Å². The van der Waals surface area contributed by atoms with E-state index in [-0.39, 0.29) is 22.4 Å². The standard InChI is InChI=1S/C14H21ClN2O2/c1-3-9-5-7-10(8-6-9)17-13(18)11(4-2)12(15)16-14(17)19/h9-10H,3-8H2,1-2H3,(H,16,19). The molecule has 1 aliphatic carbocycles. The normalized spacial score (nSPS) is 23.5. The van der Waals surface area contributed by atoms with Crippen molar-refractivity contribution in [2.24, 2.45) is 5.92 Å². The van der Waals surface area contributed by atoms with Gasteiger partial charge in [-0.05, 0) is 38.0 Å². The molecule has 0 amide bonds. The first-order valence-electron chi connectivity index (χ1n) is 7.11. The first-order valence-corrected chi connectivity index (χ1v) is 7.49. The van der Waals surface area contributed by atoms with Gasteiger partial charge in [0.05, 0.1) is 5.56 Å². The van der Waals surface area contributed by atoms with Crippen LogP contribution in [0.1, 0.15) is 57.6 Å². The quantitative estimate of drug-likeness (QED) is 0.868. The highest BCUT2D eigenvalue weighted by Gasteiger charge is 2.24. The van der Waals surface area contributed by atoms with Crippen molar-refractivity contribution in [2.75, 3.05) is 0 Å². The maximum absolute atomic E-state index is 12.4. The van der Waals surface area contributed by atoms with Gasteiger partial charge in [0, 0.05) is 6.04 Å². The van der Waals surface area contributed by atoms with Gasteiger partial charge < -0.3 is 0 Å². The van der Waals surface area contributed by atoms with Crippen LogP contribution in [0, 0.1) is 5.92 Å². The fourth-order valence-electron chi connectivity index (χ4n) is 3.01. The van der Waals surface area contributed by atoms with Gasteiger partial charge in [0.25, 0.3) is 5.56 Å². The van der Waals surface area contributed by atoms with E-state index >= 15 is 0 Å². The summed E-state index contributed by atoms with van der Waals surface area (Å²) in [5.74, 6) is 0.740. The summed E-state index contributed by atoms with van der Waals surface area (Å²) in [6.45, 7) is 4.07. The highest BCUT2D eigenvalue weighted by Crippen LogP contribution is 2.32. The molecule has 19 heavy (non-hydrogen) atoms. The lowest BCUT2D eigenvalue weighted by Crippen LogP contribution is -2.41. The number of nitrogens with one attached hydrogen (secondary N) is 1. The number of H-pyrrole nitrogens is 1. The molecule has 0 aliphatic heterocycles. The number of aromatic nitrogens is 2. The Hall–Kier alpha value is -1.03. The Bertz CT molecular complexity index is 554. The molecule has 1 aromatic rings. The molecule has 0 spiro atoms. The van der Waals surface area contributed by atoms with E-state index in [2.05, 4.69) is 11.9 Å². The zero-order valence-electron chi connectivity index (χ0n) is 11.5. The average molecular weight is 285 g/mol. The van der Waals surface area contributed by atoms with Gasteiger partial charge in [-0.3, -0.25) is 14.3 Å². The molecule has 1 aromatic heterocycles. The summed E-state index contributed by atoms with van der Waals surface area (Å²) in [4.78, 5) is 26.9. The molecule has 0 atom stereocenters. The fraction of sp³-hybridized carbons (Fsp3) is 0.714. The number of rotatable bonds is 3. The maximum atomic E-state index is 12.4. The molecule has 106 valence electrons. The van der Waals surface area contributed by atoms with Gasteiger partial charge in [0.15, 0.2) is 0 Å². The van der Waals surface area contributed by atoms with Crippen LogP contribution >= 0.6 is 11.6 Å². The third-order valence-corrected chi connectivity index (χ3v) is 4.61. The summed E-state index contributed by atoms with van der Waals surface area (Å²) in [6.07, 6.45) is 5.73. The Labute approximate surface area is 117 Å². The van der Waals surface area contributed by atoms with Gasteiger partial charge in [0.1, 0.15) is 5.15 Å². The lowest BCUT2D eigenvalue weighted by Gasteiger charge is -2.28. The number of aromatic amines is 1. The second-order valence-corrected chi connectivity index (χ2v) is 5.71. The molecule has 0 saturated heterocycles. The van der Waals surface area contributed by atoms with Gasteiger partial charge in [-0.15, -0.1) is 0 Å². The zero-order valence-corrected chi connectivity index (χ0v) is 12.3. The van der Waals surface area contributed by atoms with E-state index < -0.39 is 0 Å². The SMILES string of the molecule is CCc1c(Cl)[nH]c(=O)n(C2CCC(CC)CC2)c1=O. The molecular formula is C14H21ClN2O2. The molecule has 1 fully saturated rings. The fourth-order valence-corrected chi connectivity index (χ4v) is 3.31. The third-order valence-electron chi connectivity index (χ3n) is 4.29. The minimum Gasteiger partial charge on any atom is -0.297 e. The summed E-state index contributed by atoms with van der Waals surface area (Å²) >= 11 is 5.92. The molecule has 1 heterocycles. The van der Waals surface area contributed by atoms with Gasteiger partial charge in [-0.2, -0.15) is 0 Å². The molecule has 4 nitrogen and oxygen atoms in total. The highest BCUT2D eigenvalue weighted by molar-refractivity contribution is 6.30. The Morgan fingerprint density at radius 2 is 1.84 bits per heavy atom. The summed E-state index contributed by atoms with van der Waals surface area (Å²) in [6, 6.07) is 0.0293. The summed E-state index contributed by atoms with van der Waals surface area (Å²) < 4.78 is 1.39. The Balaban J connectivity index is 2.36. The summed E-state index contributed by atoms with van der Waals surface area (Å²) in [5.41, 5.74) is -0.0674. The van der Waals surface area contributed by atoms with E-state index in [9.17, 15) is 9.59 Å². The van der Waals surface area contributed by atoms with Crippen molar-refractivity contribution in [3.05, 3.63) is 31.6 Å². The van der Waals surface area contributed by atoms with Crippen LogP contribution in [0.2, 0.25) is 5.15 Å². The first-order chi connectivity index (χ1) is 9.08. The van der Waals surface area contributed by atoms with Crippen molar-refractivity contribution in [2.45, 2.75) is 58.4 Å². The van der Waals surface area contributed by atoms with Crippen LogP contribution < -0.4 is 11.2 Å². The number of hydrogen-bond acceptors (Lipinski definition) is 2. The Kier molecular flexibility index (Phi) is 4.50. The van der Waals surface area contributed by atoms with Crippen LogP contribution in [0.3, 0.4) is 0 Å². The number of halogens is 1. The van der Waals surface area contributed by atoms with Crippen molar-refractivity contribution in [1.29, 1.82) is 0 Å². The van der Waals surface area contributed by atoms with Crippen LogP contribution in [-0.2, 0) is 6.42 Å². The number of nitrogens with zero attached hydrogens (tertiary/aromatic N) is 1. The van der Waals surface area contributed by atoms with Crippen LogP contribution in [0.5, 0.6) is 0 Å². The molecule has 0 radical (unpaired) electrons. The molecule has 1 N–H and O–H groups in total. The van der Waals surface area contributed by atoms with E-state index in [0.29, 0.717) is 12.0 Å². The van der Waals surface area contributed by atoms with Gasteiger partial charge in [-0.25, -0.2) is 4.79 Å². The largest absolute Gasteiger partial charge is 0.329 e. The van der Waals surface area contributed by atoms with Gasteiger partial charge in [-0.1, -0.05) is 31.9 Å². The topological polar surface area (TPSA) is 54.9 Å².